The van der Waals surface area contributed by atoms with Crippen LogP contribution in [0.5, 0.6) is 0 Å². The van der Waals surface area contributed by atoms with Gasteiger partial charge in [0.25, 0.3) is 5.91 Å². The molecule has 108 valence electrons. The van der Waals surface area contributed by atoms with Crippen LogP contribution in [0.2, 0.25) is 0 Å². The van der Waals surface area contributed by atoms with E-state index in [4.69, 9.17) is 5.73 Å². The van der Waals surface area contributed by atoms with Crippen molar-refractivity contribution >= 4 is 28.9 Å². The molecule has 4 nitrogen and oxygen atoms in total. The minimum atomic E-state index is -0.0831. The van der Waals surface area contributed by atoms with Crippen LogP contribution in [-0.4, -0.2) is 10.9 Å². The highest BCUT2D eigenvalue weighted by molar-refractivity contribution is 6.35. The maximum Gasteiger partial charge on any atom is 0.256 e. The number of amides is 1. The second-order valence-corrected chi connectivity index (χ2v) is 5.44. The van der Waals surface area contributed by atoms with Crippen molar-refractivity contribution in [2.75, 3.05) is 11.1 Å². The molecule has 21 heavy (non-hydrogen) atoms. The monoisotopic (exact) mass is 281 g/mol. The lowest BCUT2D eigenvalue weighted by Gasteiger charge is -2.00. The zero-order valence-electron chi connectivity index (χ0n) is 12.5. The van der Waals surface area contributed by atoms with Gasteiger partial charge in [0.1, 0.15) is 0 Å². The molecule has 0 atom stereocenters. The first-order valence-electron chi connectivity index (χ1n) is 7.12. The van der Waals surface area contributed by atoms with Gasteiger partial charge in [-0.3, -0.25) is 4.79 Å². The zero-order valence-corrected chi connectivity index (χ0v) is 12.5. The summed E-state index contributed by atoms with van der Waals surface area (Å²) in [5.41, 5.74) is 13.5. The summed E-state index contributed by atoms with van der Waals surface area (Å²) in [7, 11) is 0. The molecular formula is C17H19N3O. The number of hydrogen-bond donors (Lipinski definition) is 3. The maximum atomic E-state index is 12.2. The number of H-pyrrole nitrogens is 1. The minimum Gasteiger partial charge on any atom is -0.399 e. The van der Waals surface area contributed by atoms with Crippen LogP contribution in [0, 0.1) is 13.8 Å². The predicted octanol–water partition coefficient (Wildman–Crippen LogP) is 3.27. The van der Waals surface area contributed by atoms with Gasteiger partial charge in [-0.2, -0.15) is 0 Å². The van der Waals surface area contributed by atoms with Gasteiger partial charge in [0.2, 0.25) is 0 Å². The van der Waals surface area contributed by atoms with Crippen LogP contribution in [-0.2, 0) is 11.2 Å². The van der Waals surface area contributed by atoms with Crippen molar-refractivity contribution in [2.45, 2.75) is 27.2 Å². The normalized spacial score (nSPS) is 15.4. The number of benzene rings is 1. The topological polar surface area (TPSA) is 70.9 Å². The van der Waals surface area contributed by atoms with Crippen molar-refractivity contribution < 1.29 is 4.79 Å². The van der Waals surface area contributed by atoms with Gasteiger partial charge in [0, 0.05) is 28.3 Å². The number of fused-ring (bicyclic) bond motifs is 1. The summed E-state index contributed by atoms with van der Waals surface area (Å²) in [5, 5.41) is 2.87. The fraction of sp³-hybridized carbons (Fsp3) is 0.235. The molecule has 0 fully saturated rings. The summed E-state index contributed by atoms with van der Waals surface area (Å²) >= 11 is 0. The summed E-state index contributed by atoms with van der Waals surface area (Å²) in [6, 6.07) is 5.47. The molecular weight excluding hydrogens is 262 g/mol. The lowest BCUT2D eigenvalue weighted by molar-refractivity contribution is -0.110. The Hall–Kier alpha value is -2.49. The van der Waals surface area contributed by atoms with Crippen LogP contribution in [0.4, 0.5) is 11.4 Å². The average molecular weight is 281 g/mol. The second-order valence-electron chi connectivity index (χ2n) is 5.44. The number of hydrogen-bond acceptors (Lipinski definition) is 2. The number of aromatic amines is 1. The van der Waals surface area contributed by atoms with E-state index in [9.17, 15) is 4.79 Å². The van der Waals surface area contributed by atoms with Crippen molar-refractivity contribution in [3.8, 4) is 0 Å². The summed E-state index contributed by atoms with van der Waals surface area (Å²) in [6.45, 7) is 6.29. The molecule has 0 bridgehead atoms. The second kappa shape index (κ2) is 4.81. The number of aryl methyl sites for hydroxylation is 1. The molecule has 2 heterocycles. The third kappa shape index (κ3) is 2.13. The molecule has 0 radical (unpaired) electrons. The lowest BCUT2D eigenvalue weighted by atomic mass is 10.0. The molecule has 3 rings (SSSR count). The summed E-state index contributed by atoms with van der Waals surface area (Å²) in [6.07, 6.45) is 2.90. The van der Waals surface area contributed by atoms with E-state index in [-0.39, 0.29) is 5.91 Å². The van der Waals surface area contributed by atoms with Gasteiger partial charge < -0.3 is 16.0 Å². The average Bonchev–Trinajstić information content (AvgIpc) is 2.88. The highest BCUT2D eigenvalue weighted by atomic mass is 16.2. The Kier molecular flexibility index (Phi) is 3.09. The number of rotatable bonds is 2. The van der Waals surface area contributed by atoms with Crippen LogP contribution < -0.4 is 11.1 Å². The van der Waals surface area contributed by atoms with Gasteiger partial charge in [0.05, 0.1) is 5.57 Å². The van der Waals surface area contributed by atoms with Crippen LogP contribution in [0.1, 0.15) is 35.0 Å². The van der Waals surface area contributed by atoms with Gasteiger partial charge in [-0.15, -0.1) is 0 Å². The molecule has 4 heteroatoms. The number of nitrogen functional groups attached to an aromatic ring is 1. The van der Waals surface area contributed by atoms with Gasteiger partial charge in [-0.25, -0.2) is 0 Å². The molecule has 0 spiro atoms. The van der Waals surface area contributed by atoms with E-state index in [1.54, 1.807) is 6.07 Å². The number of anilines is 2. The van der Waals surface area contributed by atoms with Crippen molar-refractivity contribution in [1.29, 1.82) is 0 Å². The highest BCUT2D eigenvalue weighted by Gasteiger charge is 2.24. The molecule has 1 aromatic carbocycles. The SMILES string of the molecule is CCc1c(C)[nH]c(/C=C2\C(=O)Nc3ccc(N)cc32)c1C. The molecule has 0 saturated heterocycles. The Bertz CT molecular complexity index is 769. The Morgan fingerprint density at radius 2 is 2.05 bits per heavy atom. The molecule has 1 amide bonds. The molecule has 4 N–H and O–H groups in total. The minimum absolute atomic E-state index is 0.0831. The molecule has 1 aromatic heterocycles. The number of aromatic nitrogens is 1. The van der Waals surface area contributed by atoms with Crippen molar-refractivity contribution in [3.63, 3.8) is 0 Å². The van der Waals surface area contributed by atoms with E-state index < -0.39 is 0 Å². The summed E-state index contributed by atoms with van der Waals surface area (Å²) < 4.78 is 0. The van der Waals surface area contributed by atoms with E-state index in [0.717, 1.165) is 29.1 Å². The summed E-state index contributed by atoms with van der Waals surface area (Å²) in [4.78, 5) is 15.6. The predicted molar refractivity (Wildman–Crippen MR) is 87.0 cm³/mol. The van der Waals surface area contributed by atoms with Gasteiger partial charge in [-0.05, 0) is 55.7 Å². The fourth-order valence-electron chi connectivity index (χ4n) is 2.98. The number of carbonyl (C=O) groups excluding carboxylic acids is 1. The quantitative estimate of drug-likeness (QED) is 0.584. The number of carbonyl (C=O) groups is 1. The maximum absolute atomic E-state index is 12.2. The standard InChI is InChI=1S/C17H19N3O/c1-4-12-9(2)16(19-10(12)3)8-14-13-7-11(18)5-6-15(13)20-17(14)21/h5-8,19H,4,18H2,1-3H3,(H,20,21)/b14-8-. The van der Waals surface area contributed by atoms with Crippen LogP contribution in [0.3, 0.4) is 0 Å². The lowest BCUT2D eigenvalue weighted by Crippen LogP contribution is -2.03. The van der Waals surface area contributed by atoms with Crippen LogP contribution in [0.15, 0.2) is 18.2 Å². The van der Waals surface area contributed by atoms with E-state index in [1.165, 1.54) is 11.1 Å². The first-order valence-corrected chi connectivity index (χ1v) is 7.12. The van der Waals surface area contributed by atoms with E-state index in [1.807, 2.05) is 18.2 Å². The first-order chi connectivity index (χ1) is 10.0. The summed E-state index contributed by atoms with van der Waals surface area (Å²) in [5.74, 6) is -0.0831. The fourth-order valence-corrected chi connectivity index (χ4v) is 2.98. The zero-order chi connectivity index (χ0) is 15.1. The first kappa shape index (κ1) is 13.5. The van der Waals surface area contributed by atoms with Gasteiger partial charge >= 0.3 is 0 Å². The Balaban J connectivity index is 2.13. The molecule has 0 aliphatic carbocycles. The smallest absolute Gasteiger partial charge is 0.256 e. The van der Waals surface area contributed by atoms with Crippen molar-refractivity contribution in [1.82, 2.24) is 4.98 Å². The third-order valence-electron chi connectivity index (χ3n) is 4.10. The Morgan fingerprint density at radius 1 is 1.29 bits per heavy atom. The molecule has 1 aliphatic rings. The third-order valence-corrected chi connectivity index (χ3v) is 4.10. The van der Waals surface area contributed by atoms with Gasteiger partial charge in [0.15, 0.2) is 0 Å². The largest absolute Gasteiger partial charge is 0.399 e. The van der Waals surface area contributed by atoms with E-state index in [2.05, 4.69) is 31.1 Å². The molecule has 2 aromatic rings. The number of nitrogens with one attached hydrogen (secondary N) is 2. The molecule has 0 saturated carbocycles. The van der Waals surface area contributed by atoms with Crippen LogP contribution in [0.25, 0.3) is 11.6 Å². The molecule has 1 aliphatic heterocycles. The molecule has 0 unspecified atom stereocenters. The highest BCUT2D eigenvalue weighted by Crippen LogP contribution is 2.35. The van der Waals surface area contributed by atoms with Gasteiger partial charge in [-0.1, -0.05) is 6.92 Å². The van der Waals surface area contributed by atoms with Crippen LogP contribution >= 0.6 is 0 Å². The van der Waals surface area contributed by atoms with Crippen molar-refractivity contribution in [3.05, 3.63) is 46.3 Å². The van der Waals surface area contributed by atoms with Crippen molar-refractivity contribution in [2.24, 2.45) is 0 Å². The van der Waals surface area contributed by atoms with E-state index in [0.29, 0.717) is 11.3 Å². The number of nitrogens with two attached hydrogens (primary N) is 1. The Labute approximate surface area is 124 Å². The Morgan fingerprint density at radius 3 is 2.71 bits per heavy atom. The van der Waals surface area contributed by atoms with E-state index >= 15 is 0 Å².